The normalized spacial score (nSPS) is 12.6. The van der Waals surface area contributed by atoms with Crippen LogP contribution in [0, 0.1) is 5.92 Å². The molecule has 0 saturated carbocycles. The Labute approximate surface area is 78.0 Å². The molecule has 11 heavy (non-hydrogen) atoms. The molecule has 66 valence electrons. The zero-order valence-electron chi connectivity index (χ0n) is 7.56. The summed E-state index contributed by atoms with van der Waals surface area (Å²) in [7, 11) is 0. The Hall–Kier alpha value is 0.180. The fourth-order valence-corrected chi connectivity index (χ4v) is 0.788. The fraction of sp³-hybridized carbons (Fsp3) is 0.778. The van der Waals surface area contributed by atoms with Gasteiger partial charge in [-0.2, -0.15) is 0 Å². The molecule has 0 aliphatic carbocycles. The second-order valence-corrected chi connectivity index (χ2v) is 3.68. The lowest BCUT2D eigenvalue weighted by Gasteiger charge is -2.03. The summed E-state index contributed by atoms with van der Waals surface area (Å²) >= 11 is 3.37. The molecule has 0 aliphatic rings. The number of allylic oxidation sites excluding steroid dienone is 1. The monoisotopic (exact) mass is 220 g/mol. The zero-order chi connectivity index (χ0) is 8.69. The molecule has 2 heteroatoms. The summed E-state index contributed by atoms with van der Waals surface area (Å²) in [5, 5.41) is 0.942. The van der Waals surface area contributed by atoms with Crippen LogP contribution in [0.4, 0.5) is 0 Å². The van der Waals surface area contributed by atoms with E-state index in [4.69, 9.17) is 4.74 Å². The molecule has 1 nitrogen and oxygen atoms in total. The van der Waals surface area contributed by atoms with Crippen molar-refractivity contribution >= 4 is 15.9 Å². The third-order valence-electron chi connectivity index (χ3n) is 1.21. The van der Waals surface area contributed by atoms with E-state index in [-0.39, 0.29) is 0 Å². The van der Waals surface area contributed by atoms with E-state index in [1.807, 2.05) is 0 Å². The van der Waals surface area contributed by atoms with Crippen molar-refractivity contribution in [1.29, 1.82) is 0 Å². The number of hydrogen-bond acceptors (Lipinski definition) is 1. The predicted octanol–water partition coefficient (Wildman–Crippen LogP) is 3.00. The SMILES string of the molecule is C/C(=C\COCC(C)C)CBr. The first kappa shape index (κ1) is 11.2. The van der Waals surface area contributed by atoms with Crippen LogP contribution in [0.5, 0.6) is 0 Å². The summed E-state index contributed by atoms with van der Waals surface area (Å²) < 4.78 is 5.37. The van der Waals surface area contributed by atoms with Gasteiger partial charge in [0.25, 0.3) is 0 Å². The second-order valence-electron chi connectivity index (χ2n) is 3.12. The Morgan fingerprint density at radius 1 is 1.55 bits per heavy atom. The molecule has 0 radical (unpaired) electrons. The molecule has 0 aliphatic heterocycles. The van der Waals surface area contributed by atoms with Gasteiger partial charge in [-0.05, 0) is 12.8 Å². The molecule has 0 unspecified atom stereocenters. The number of rotatable bonds is 5. The van der Waals surface area contributed by atoms with E-state index in [9.17, 15) is 0 Å². The van der Waals surface area contributed by atoms with Gasteiger partial charge in [0, 0.05) is 11.9 Å². The van der Waals surface area contributed by atoms with E-state index in [2.05, 4.69) is 42.8 Å². The molecule has 0 aromatic rings. The van der Waals surface area contributed by atoms with Crippen molar-refractivity contribution in [3.63, 3.8) is 0 Å². The summed E-state index contributed by atoms with van der Waals surface area (Å²) in [6, 6.07) is 0. The lowest BCUT2D eigenvalue weighted by Crippen LogP contribution is -2.01. The molecule has 0 bridgehead atoms. The molecular weight excluding hydrogens is 204 g/mol. The van der Waals surface area contributed by atoms with E-state index in [0.29, 0.717) is 5.92 Å². The standard InChI is InChI=1S/C9H17BrO/c1-8(2)7-11-5-4-9(3)6-10/h4,8H,5-7H2,1-3H3/b9-4+. The van der Waals surface area contributed by atoms with Crippen LogP contribution in [0.15, 0.2) is 11.6 Å². The van der Waals surface area contributed by atoms with Gasteiger partial charge in [0.2, 0.25) is 0 Å². The molecule has 0 saturated heterocycles. The molecule has 0 amide bonds. The molecule has 0 aromatic heterocycles. The van der Waals surface area contributed by atoms with Gasteiger partial charge in [-0.15, -0.1) is 0 Å². The summed E-state index contributed by atoms with van der Waals surface area (Å²) in [4.78, 5) is 0. The van der Waals surface area contributed by atoms with E-state index >= 15 is 0 Å². The Balaban J connectivity index is 3.26. The van der Waals surface area contributed by atoms with Gasteiger partial charge in [-0.3, -0.25) is 0 Å². The van der Waals surface area contributed by atoms with Crippen molar-refractivity contribution in [3.8, 4) is 0 Å². The quantitative estimate of drug-likeness (QED) is 0.394. The lowest BCUT2D eigenvalue weighted by molar-refractivity contribution is 0.134. The smallest absolute Gasteiger partial charge is 0.0650 e. The molecule has 0 fully saturated rings. The first-order valence-electron chi connectivity index (χ1n) is 3.96. The van der Waals surface area contributed by atoms with Crippen molar-refractivity contribution in [1.82, 2.24) is 0 Å². The third kappa shape index (κ3) is 8.08. The van der Waals surface area contributed by atoms with E-state index in [1.54, 1.807) is 0 Å². The second kappa shape index (κ2) is 6.86. The minimum atomic E-state index is 0.632. The first-order valence-corrected chi connectivity index (χ1v) is 5.08. The highest BCUT2D eigenvalue weighted by molar-refractivity contribution is 9.09. The molecule has 0 aromatic carbocycles. The molecule has 0 atom stereocenters. The van der Waals surface area contributed by atoms with Crippen LogP contribution in [0.25, 0.3) is 0 Å². The number of ether oxygens (including phenoxy) is 1. The average Bonchev–Trinajstić information content (AvgIpc) is 1.97. The summed E-state index contributed by atoms with van der Waals surface area (Å²) in [6.45, 7) is 8.00. The van der Waals surface area contributed by atoms with E-state index in [1.165, 1.54) is 5.57 Å². The van der Waals surface area contributed by atoms with Gasteiger partial charge in [0.05, 0.1) is 6.61 Å². The van der Waals surface area contributed by atoms with Gasteiger partial charge in [0.1, 0.15) is 0 Å². The van der Waals surface area contributed by atoms with E-state index in [0.717, 1.165) is 18.5 Å². The molecule has 0 heterocycles. The number of halogens is 1. The van der Waals surface area contributed by atoms with Crippen LogP contribution in [0.2, 0.25) is 0 Å². The first-order chi connectivity index (χ1) is 5.16. The van der Waals surface area contributed by atoms with Gasteiger partial charge in [-0.25, -0.2) is 0 Å². The Morgan fingerprint density at radius 3 is 2.64 bits per heavy atom. The van der Waals surface area contributed by atoms with E-state index < -0.39 is 0 Å². The van der Waals surface area contributed by atoms with Crippen LogP contribution >= 0.6 is 15.9 Å². The van der Waals surface area contributed by atoms with Gasteiger partial charge >= 0.3 is 0 Å². The molecule has 0 rings (SSSR count). The van der Waals surface area contributed by atoms with Crippen molar-refractivity contribution in [2.75, 3.05) is 18.5 Å². The van der Waals surface area contributed by atoms with Crippen LogP contribution in [-0.2, 0) is 4.74 Å². The maximum absolute atomic E-state index is 5.37. The van der Waals surface area contributed by atoms with Gasteiger partial charge in [-0.1, -0.05) is 41.4 Å². The minimum absolute atomic E-state index is 0.632. The third-order valence-corrected chi connectivity index (χ3v) is 2.10. The number of hydrogen-bond donors (Lipinski definition) is 0. The summed E-state index contributed by atoms with van der Waals surface area (Å²) in [5.74, 6) is 0.632. The summed E-state index contributed by atoms with van der Waals surface area (Å²) in [5.41, 5.74) is 1.33. The maximum Gasteiger partial charge on any atom is 0.0650 e. The number of alkyl halides is 1. The van der Waals surface area contributed by atoms with Crippen molar-refractivity contribution < 1.29 is 4.74 Å². The largest absolute Gasteiger partial charge is 0.377 e. The fourth-order valence-electron chi connectivity index (χ4n) is 0.559. The van der Waals surface area contributed by atoms with Crippen LogP contribution < -0.4 is 0 Å². The van der Waals surface area contributed by atoms with Crippen molar-refractivity contribution in [2.45, 2.75) is 20.8 Å². The van der Waals surface area contributed by atoms with Gasteiger partial charge < -0.3 is 4.74 Å². The maximum atomic E-state index is 5.37. The molecular formula is C9H17BrO. The van der Waals surface area contributed by atoms with Crippen LogP contribution in [0.3, 0.4) is 0 Å². The highest BCUT2D eigenvalue weighted by Gasteiger charge is 1.91. The Morgan fingerprint density at radius 2 is 2.18 bits per heavy atom. The zero-order valence-corrected chi connectivity index (χ0v) is 9.15. The molecule has 0 spiro atoms. The van der Waals surface area contributed by atoms with Gasteiger partial charge in [0.15, 0.2) is 0 Å². The highest BCUT2D eigenvalue weighted by atomic mass is 79.9. The van der Waals surface area contributed by atoms with Crippen molar-refractivity contribution in [2.24, 2.45) is 5.92 Å². The predicted molar refractivity (Wildman–Crippen MR) is 53.2 cm³/mol. The lowest BCUT2D eigenvalue weighted by atomic mass is 10.2. The van der Waals surface area contributed by atoms with Crippen molar-refractivity contribution in [3.05, 3.63) is 11.6 Å². The molecule has 0 N–H and O–H groups in total. The Bertz CT molecular complexity index is 119. The topological polar surface area (TPSA) is 9.23 Å². The Kier molecular flexibility index (Phi) is 6.98. The van der Waals surface area contributed by atoms with Crippen LogP contribution in [-0.4, -0.2) is 18.5 Å². The average molecular weight is 221 g/mol. The van der Waals surface area contributed by atoms with Crippen LogP contribution in [0.1, 0.15) is 20.8 Å². The minimum Gasteiger partial charge on any atom is -0.377 e. The summed E-state index contributed by atoms with van der Waals surface area (Å²) in [6.07, 6.45) is 2.11. The highest BCUT2D eigenvalue weighted by Crippen LogP contribution is 1.98.